The molecular weight excluding hydrogens is 216 g/mol. The SMILES string of the molecule is Cc1ccc(Sc2ccccc2O)c(C)c1. The van der Waals surface area contributed by atoms with Gasteiger partial charge in [-0.1, -0.05) is 41.6 Å². The lowest BCUT2D eigenvalue weighted by Gasteiger charge is -2.07. The zero-order valence-corrected chi connectivity index (χ0v) is 10.2. The maximum absolute atomic E-state index is 9.70. The van der Waals surface area contributed by atoms with E-state index in [0.29, 0.717) is 5.75 Å². The molecule has 0 saturated carbocycles. The Kier molecular flexibility index (Phi) is 3.20. The van der Waals surface area contributed by atoms with Crippen LogP contribution in [0.3, 0.4) is 0 Å². The summed E-state index contributed by atoms with van der Waals surface area (Å²) in [6, 6.07) is 13.8. The summed E-state index contributed by atoms with van der Waals surface area (Å²) in [6.45, 7) is 4.18. The zero-order valence-electron chi connectivity index (χ0n) is 9.40. The lowest BCUT2D eigenvalue weighted by molar-refractivity contribution is 0.462. The van der Waals surface area contributed by atoms with Gasteiger partial charge in [0.2, 0.25) is 0 Å². The molecule has 2 rings (SSSR count). The third-order valence-electron chi connectivity index (χ3n) is 2.42. The first-order valence-electron chi connectivity index (χ1n) is 5.20. The van der Waals surface area contributed by atoms with Crippen LogP contribution in [0.1, 0.15) is 11.1 Å². The Morgan fingerprint density at radius 1 is 0.938 bits per heavy atom. The van der Waals surface area contributed by atoms with Gasteiger partial charge in [-0.25, -0.2) is 0 Å². The summed E-state index contributed by atoms with van der Waals surface area (Å²) in [5.41, 5.74) is 2.51. The molecule has 0 aromatic heterocycles. The highest BCUT2D eigenvalue weighted by atomic mass is 32.2. The summed E-state index contributed by atoms with van der Waals surface area (Å²) in [7, 11) is 0. The van der Waals surface area contributed by atoms with Crippen LogP contribution in [-0.4, -0.2) is 5.11 Å². The fourth-order valence-corrected chi connectivity index (χ4v) is 2.49. The van der Waals surface area contributed by atoms with E-state index in [1.165, 1.54) is 16.0 Å². The molecule has 16 heavy (non-hydrogen) atoms. The molecule has 2 heteroatoms. The van der Waals surface area contributed by atoms with Crippen molar-refractivity contribution in [3.05, 3.63) is 53.6 Å². The number of aryl methyl sites for hydroxylation is 2. The van der Waals surface area contributed by atoms with Gasteiger partial charge in [0.05, 0.1) is 4.90 Å². The van der Waals surface area contributed by atoms with E-state index >= 15 is 0 Å². The summed E-state index contributed by atoms with van der Waals surface area (Å²) < 4.78 is 0. The van der Waals surface area contributed by atoms with Gasteiger partial charge in [-0.3, -0.25) is 0 Å². The number of aromatic hydroxyl groups is 1. The van der Waals surface area contributed by atoms with Crippen LogP contribution in [0.2, 0.25) is 0 Å². The highest BCUT2D eigenvalue weighted by Gasteiger charge is 2.04. The van der Waals surface area contributed by atoms with E-state index in [1.807, 2.05) is 18.2 Å². The van der Waals surface area contributed by atoms with Gasteiger partial charge in [0.15, 0.2) is 0 Å². The second-order valence-electron chi connectivity index (χ2n) is 3.84. The van der Waals surface area contributed by atoms with E-state index in [1.54, 1.807) is 17.8 Å². The van der Waals surface area contributed by atoms with Crippen LogP contribution < -0.4 is 0 Å². The molecule has 0 radical (unpaired) electrons. The quantitative estimate of drug-likeness (QED) is 0.836. The first kappa shape index (κ1) is 11.1. The lowest BCUT2D eigenvalue weighted by atomic mass is 10.2. The number of benzene rings is 2. The van der Waals surface area contributed by atoms with Gasteiger partial charge in [-0.05, 0) is 37.6 Å². The maximum Gasteiger partial charge on any atom is 0.129 e. The third kappa shape index (κ3) is 2.39. The Bertz CT molecular complexity index is 506. The minimum absolute atomic E-state index is 0.340. The first-order chi connectivity index (χ1) is 7.66. The average molecular weight is 230 g/mol. The topological polar surface area (TPSA) is 20.2 Å². The molecule has 1 nitrogen and oxygen atoms in total. The Hall–Kier alpha value is -1.41. The van der Waals surface area contributed by atoms with Gasteiger partial charge in [0.25, 0.3) is 0 Å². The largest absolute Gasteiger partial charge is 0.507 e. The monoisotopic (exact) mass is 230 g/mol. The highest BCUT2D eigenvalue weighted by Crippen LogP contribution is 2.35. The van der Waals surface area contributed by atoms with Crippen LogP contribution in [0.15, 0.2) is 52.3 Å². The lowest BCUT2D eigenvalue weighted by Crippen LogP contribution is -1.82. The second-order valence-corrected chi connectivity index (χ2v) is 4.92. The van der Waals surface area contributed by atoms with E-state index in [4.69, 9.17) is 0 Å². The van der Waals surface area contributed by atoms with E-state index < -0.39 is 0 Å². The van der Waals surface area contributed by atoms with Crippen LogP contribution in [0.5, 0.6) is 5.75 Å². The Morgan fingerprint density at radius 2 is 1.69 bits per heavy atom. The molecule has 0 saturated heterocycles. The molecule has 0 amide bonds. The van der Waals surface area contributed by atoms with Crippen molar-refractivity contribution in [3.8, 4) is 5.75 Å². The maximum atomic E-state index is 9.70. The third-order valence-corrected chi connectivity index (χ3v) is 3.66. The fourth-order valence-electron chi connectivity index (χ4n) is 1.58. The van der Waals surface area contributed by atoms with Crippen molar-refractivity contribution in [2.75, 3.05) is 0 Å². The van der Waals surface area contributed by atoms with Crippen molar-refractivity contribution >= 4 is 11.8 Å². The fraction of sp³-hybridized carbons (Fsp3) is 0.143. The number of rotatable bonds is 2. The molecule has 0 atom stereocenters. The van der Waals surface area contributed by atoms with E-state index in [-0.39, 0.29) is 0 Å². The standard InChI is InChI=1S/C14H14OS/c1-10-7-8-13(11(2)9-10)16-14-6-4-3-5-12(14)15/h3-9,15H,1-2H3. The number of hydrogen-bond donors (Lipinski definition) is 1. The van der Waals surface area contributed by atoms with Gasteiger partial charge >= 0.3 is 0 Å². The molecule has 0 fully saturated rings. The molecule has 0 aliphatic heterocycles. The predicted molar refractivity (Wildman–Crippen MR) is 68.1 cm³/mol. The number of phenolic OH excluding ortho intramolecular Hbond substituents is 1. The van der Waals surface area contributed by atoms with Crippen LogP contribution in [0.4, 0.5) is 0 Å². The van der Waals surface area contributed by atoms with Crippen molar-refractivity contribution in [2.24, 2.45) is 0 Å². The summed E-state index contributed by atoms with van der Waals surface area (Å²) in [5.74, 6) is 0.340. The molecule has 1 N–H and O–H groups in total. The molecule has 0 unspecified atom stereocenters. The highest BCUT2D eigenvalue weighted by molar-refractivity contribution is 7.99. The second kappa shape index (κ2) is 4.62. The molecular formula is C14H14OS. The number of hydrogen-bond acceptors (Lipinski definition) is 2. The molecule has 0 bridgehead atoms. The van der Waals surface area contributed by atoms with Crippen molar-refractivity contribution in [2.45, 2.75) is 23.6 Å². The molecule has 82 valence electrons. The Balaban J connectivity index is 2.31. The van der Waals surface area contributed by atoms with Crippen molar-refractivity contribution < 1.29 is 5.11 Å². The molecule has 2 aromatic rings. The van der Waals surface area contributed by atoms with Crippen LogP contribution in [0, 0.1) is 13.8 Å². The van der Waals surface area contributed by atoms with Crippen LogP contribution >= 0.6 is 11.8 Å². The molecule has 0 aliphatic rings. The minimum atomic E-state index is 0.340. The molecule has 0 heterocycles. The summed E-state index contributed by atoms with van der Waals surface area (Å²) in [4.78, 5) is 2.08. The van der Waals surface area contributed by atoms with Gasteiger partial charge in [0, 0.05) is 4.90 Å². The molecule has 0 spiro atoms. The van der Waals surface area contributed by atoms with Crippen molar-refractivity contribution in [1.82, 2.24) is 0 Å². The van der Waals surface area contributed by atoms with E-state index in [2.05, 4.69) is 32.0 Å². The number of para-hydroxylation sites is 1. The summed E-state index contributed by atoms with van der Waals surface area (Å²) in [5, 5.41) is 9.70. The molecule has 2 aromatic carbocycles. The minimum Gasteiger partial charge on any atom is -0.507 e. The van der Waals surface area contributed by atoms with Crippen molar-refractivity contribution in [3.63, 3.8) is 0 Å². The first-order valence-corrected chi connectivity index (χ1v) is 6.01. The zero-order chi connectivity index (χ0) is 11.5. The van der Waals surface area contributed by atoms with Gasteiger partial charge < -0.3 is 5.11 Å². The normalized spacial score (nSPS) is 10.4. The predicted octanol–water partition coefficient (Wildman–Crippen LogP) is 4.16. The van der Waals surface area contributed by atoms with E-state index in [9.17, 15) is 5.11 Å². The summed E-state index contributed by atoms with van der Waals surface area (Å²) in [6.07, 6.45) is 0. The Labute approximate surface area is 100 Å². The molecule has 0 aliphatic carbocycles. The smallest absolute Gasteiger partial charge is 0.129 e. The van der Waals surface area contributed by atoms with Gasteiger partial charge in [-0.15, -0.1) is 0 Å². The van der Waals surface area contributed by atoms with Gasteiger partial charge in [-0.2, -0.15) is 0 Å². The van der Waals surface area contributed by atoms with Crippen molar-refractivity contribution in [1.29, 1.82) is 0 Å². The summed E-state index contributed by atoms with van der Waals surface area (Å²) >= 11 is 1.60. The van der Waals surface area contributed by atoms with Crippen LogP contribution in [-0.2, 0) is 0 Å². The number of phenols is 1. The van der Waals surface area contributed by atoms with Gasteiger partial charge in [0.1, 0.15) is 5.75 Å². The average Bonchev–Trinajstić information content (AvgIpc) is 2.25. The van der Waals surface area contributed by atoms with Crippen LogP contribution in [0.25, 0.3) is 0 Å². The Morgan fingerprint density at radius 3 is 2.38 bits per heavy atom. The van der Waals surface area contributed by atoms with E-state index in [0.717, 1.165) is 4.90 Å².